The quantitative estimate of drug-likeness (QED) is 0.589. The maximum absolute atomic E-state index is 4.45. The van der Waals surface area contributed by atoms with Crippen LogP contribution in [0.4, 0.5) is 0 Å². The van der Waals surface area contributed by atoms with E-state index in [0.717, 1.165) is 25.6 Å². The third-order valence-electron chi connectivity index (χ3n) is 1.69. The van der Waals surface area contributed by atoms with Gasteiger partial charge in [-0.3, -0.25) is 0 Å². The molecule has 0 aliphatic carbocycles. The van der Waals surface area contributed by atoms with Crippen molar-refractivity contribution in [3.05, 3.63) is 22.4 Å². The lowest BCUT2D eigenvalue weighted by Crippen LogP contribution is -2.36. The first-order valence-corrected chi connectivity index (χ1v) is 5.84. The summed E-state index contributed by atoms with van der Waals surface area (Å²) < 4.78 is 0. The SMILES string of the molecule is CCNC(=NCc1ccsc1)NCC. The largest absolute Gasteiger partial charge is 0.357 e. The minimum atomic E-state index is 0.749. The average molecular weight is 211 g/mol. The van der Waals surface area contributed by atoms with Crippen molar-refractivity contribution in [1.29, 1.82) is 0 Å². The van der Waals surface area contributed by atoms with Crippen molar-refractivity contribution in [2.75, 3.05) is 13.1 Å². The van der Waals surface area contributed by atoms with Crippen molar-refractivity contribution in [2.45, 2.75) is 20.4 Å². The zero-order valence-electron chi connectivity index (χ0n) is 8.71. The number of nitrogens with one attached hydrogen (secondary N) is 2. The van der Waals surface area contributed by atoms with Crippen LogP contribution < -0.4 is 10.6 Å². The maximum Gasteiger partial charge on any atom is 0.191 e. The highest BCUT2D eigenvalue weighted by molar-refractivity contribution is 7.07. The Kier molecular flexibility index (Phi) is 5.07. The Morgan fingerprint density at radius 1 is 1.36 bits per heavy atom. The van der Waals surface area contributed by atoms with Crippen LogP contribution in [0.1, 0.15) is 19.4 Å². The van der Waals surface area contributed by atoms with Gasteiger partial charge in [0.2, 0.25) is 0 Å². The maximum atomic E-state index is 4.45. The van der Waals surface area contributed by atoms with Gasteiger partial charge in [0, 0.05) is 13.1 Å². The molecule has 0 bridgehead atoms. The molecule has 3 nitrogen and oxygen atoms in total. The smallest absolute Gasteiger partial charge is 0.191 e. The van der Waals surface area contributed by atoms with Gasteiger partial charge in [-0.15, -0.1) is 0 Å². The van der Waals surface area contributed by atoms with Crippen molar-refractivity contribution in [2.24, 2.45) is 4.99 Å². The Balaban J connectivity index is 2.45. The van der Waals surface area contributed by atoms with E-state index < -0.39 is 0 Å². The van der Waals surface area contributed by atoms with Crippen LogP contribution in [-0.4, -0.2) is 19.0 Å². The predicted octanol–water partition coefficient (Wildman–Crippen LogP) is 1.82. The van der Waals surface area contributed by atoms with Crippen LogP contribution in [-0.2, 0) is 6.54 Å². The molecule has 0 amide bonds. The normalized spacial score (nSPS) is 9.57. The summed E-state index contributed by atoms with van der Waals surface area (Å²) in [5.74, 6) is 0.890. The number of hydrogen-bond acceptors (Lipinski definition) is 2. The second kappa shape index (κ2) is 6.43. The van der Waals surface area contributed by atoms with Gasteiger partial charge in [-0.05, 0) is 36.2 Å². The lowest BCUT2D eigenvalue weighted by Gasteiger charge is -2.08. The van der Waals surface area contributed by atoms with E-state index in [2.05, 4.69) is 46.3 Å². The van der Waals surface area contributed by atoms with Crippen LogP contribution in [0.3, 0.4) is 0 Å². The van der Waals surface area contributed by atoms with Crippen LogP contribution in [0.25, 0.3) is 0 Å². The summed E-state index contributed by atoms with van der Waals surface area (Å²) in [4.78, 5) is 4.45. The van der Waals surface area contributed by atoms with Crippen LogP contribution in [0.2, 0.25) is 0 Å². The summed E-state index contributed by atoms with van der Waals surface area (Å²) >= 11 is 1.71. The highest BCUT2D eigenvalue weighted by Crippen LogP contribution is 2.06. The van der Waals surface area contributed by atoms with E-state index in [4.69, 9.17) is 0 Å². The molecule has 4 heteroatoms. The summed E-state index contributed by atoms with van der Waals surface area (Å²) in [6, 6.07) is 2.10. The van der Waals surface area contributed by atoms with Gasteiger partial charge in [0.25, 0.3) is 0 Å². The fourth-order valence-corrected chi connectivity index (χ4v) is 1.72. The Morgan fingerprint density at radius 2 is 2.07 bits per heavy atom. The molecule has 0 radical (unpaired) electrons. The fraction of sp³-hybridized carbons (Fsp3) is 0.500. The molecule has 0 spiro atoms. The zero-order valence-corrected chi connectivity index (χ0v) is 9.53. The molecular formula is C10H17N3S. The van der Waals surface area contributed by atoms with Gasteiger partial charge in [0.1, 0.15) is 0 Å². The predicted molar refractivity (Wildman–Crippen MR) is 62.8 cm³/mol. The molecule has 0 aromatic carbocycles. The number of rotatable bonds is 4. The molecule has 2 N–H and O–H groups in total. The standard InChI is InChI=1S/C10H17N3S/c1-3-11-10(12-4-2)13-7-9-5-6-14-8-9/h5-6,8H,3-4,7H2,1-2H3,(H2,11,12,13). The average Bonchev–Trinajstić information content (AvgIpc) is 2.67. The highest BCUT2D eigenvalue weighted by atomic mass is 32.1. The Hall–Kier alpha value is -1.03. The van der Waals surface area contributed by atoms with Gasteiger partial charge in [-0.1, -0.05) is 0 Å². The first-order chi connectivity index (χ1) is 6.86. The molecule has 1 heterocycles. The summed E-state index contributed by atoms with van der Waals surface area (Å²) in [5, 5.41) is 10.6. The number of hydrogen-bond donors (Lipinski definition) is 2. The van der Waals surface area contributed by atoms with Crippen LogP contribution in [0, 0.1) is 0 Å². The summed E-state index contributed by atoms with van der Waals surface area (Å²) in [5.41, 5.74) is 1.27. The minimum absolute atomic E-state index is 0.749. The molecule has 14 heavy (non-hydrogen) atoms. The minimum Gasteiger partial charge on any atom is -0.357 e. The van der Waals surface area contributed by atoms with Crippen molar-refractivity contribution in [1.82, 2.24) is 10.6 Å². The summed E-state index contributed by atoms with van der Waals surface area (Å²) in [6.07, 6.45) is 0. The van der Waals surface area contributed by atoms with Crippen molar-refractivity contribution >= 4 is 17.3 Å². The Labute approximate surface area is 89.3 Å². The van der Waals surface area contributed by atoms with E-state index >= 15 is 0 Å². The van der Waals surface area contributed by atoms with E-state index in [1.165, 1.54) is 5.56 Å². The lowest BCUT2D eigenvalue weighted by atomic mass is 10.3. The van der Waals surface area contributed by atoms with E-state index in [1.807, 2.05) is 0 Å². The summed E-state index contributed by atoms with van der Waals surface area (Å²) in [6.45, 7) is 6.68. The van der Waals surface area contributed by atoms with Gasteiger partial charge in [0.05, 0.1) is 6.54 Å². The monoisotopic (exact) mass is 211 g/mol. The van der Waals surface area contributed by atoms with E-state index in [1.54, 1.807) is 11.3 Å². The first-order valence-electron chi connectivity index (χ1n) is 4.90. The number of aliphatic imine (C=N–C) groups is 1. The van der Waals surface area contributed by atoms with E-state index in [9.17, 15) is 0 Å². The van der Waals surface area contributed by atoms with Crippen molar-refractivity contribution < 1.29 is 0 Å². The Morgan fingerprint density at radius 3 is 2.57 bits per heavy atom. The molecule has 0 aliphatic rings. The van der Waals surface area contributed by atoms with Crippen LogP contribution in [0.5, 0.6) is 0 Å². The number of guanidine groups is 1. The third kappa shape index (κ3) is 3.79. The molecule has 0 aliphatic heterocycles. The topological polar surface area (TPSA) is 36.4 Å². The van der Waals surface area contributed by atoms with Gasteiger partial charge in [-0.2, -0.15) is 11.3 Å². The van der Waals surface area contributed by atoms with Crippen molar-refractivity contribution in [3.8, 4) is 0 Å². The molecule has 0 atom stereocenters. The van der Waals surface area contributed by atoms with Gasteiger partial charge in [0.15, 0.2) is 5.96 Å². The van der Waals surface area contributed by atoms with Gasteiger partial charge >= 0.3 is 0 Å². The Bertz CT molecular complexity index is 259. The van der Waals surface area contributed by atoms with Crippen LogP contribution in [0.15, 0.2) is 21.8 Å². The molecule has 0 saturated carbocycles. The fourth-order valence-electron chi connectivity index (χ4n) is 1.06. The highest BCUT2D eigenvalue weighted by Gasteiger charge is 1.94. The molecule has 0 unspecified atom stereocenters. The molecule has 1 rings (SSSR count). The number of thiophene rings is 1. The second-order valence-corrected chi connectivity index (χ2v) is 3.64. The second-order valence-electron chi connectivity index (χ2n) is 2.86. The molecule has 1 aromatic heterocycles. The first kappa shape index (κ1) is 11.0. The molecule has 0 fully saturated rings. The van der Waals surface area contributed by atoms with E-state index in [-0.39, 0.29) is 0 Å². The lowest BCUT2D eigenvalue weighted by molar-refractivity contribution is 0.840. The molecule has 0 saturated heterocycles. The third-order valence-corrected chi connectivity index (χ3v) is 2.42. The van der Waals surface area contributed by atoms with Crippen molar-refractivity contribution in [3.63, 3.8) is 0 Å². The van der Waals surface area contributed by atoms with E-state index in [0.29, 0.717) is 0 Å². The van der Waals surface area contributed by atoms with Gasteiger partial charge < -0.3 is 10.6 Å². The number of nitrogens with zero attached hydrogens (tertiary/aromatic N) is 1. The molecular weight excluding hydrogens is 194 g/mol. The van der Waals surface area contributed by atoms with Crippen LogP contribution >= 0.6 is 11.3 Å². The molecule has 1 aromatic rings. The summed E-state index contributed by atoms with van der Waals surface area (Å²) in [7, 11) is 0. The zero-order chi connectivity index (χ0) is 10.2. The van der Waals surface area contributed by atoms with Gasteiger partial charge in [-0.25, -0.2) is 4.99 Å². The molecule has 78 valence electrons.